The van der Waals surface area contributed by atoms with E-state index in [1.54, 1.807) is 26.4 Å². The van der Waals surface area contributed by atoms with Crippen LogP contribution in [-0.4, -0.2) is 40.4 Å². The summed E-state index contributed by atoms with van der Waals surface area (Å²) in [7, 11) is 3.30. The van der Waals surface area contributed by atoms with Crippen LogP contribution in [0, 0.1) is 0 Å². The second kappa shape index (κ2) is 8.84. The van der Waals surface area contributed by atoms with Crippen LogP contribution in [0.25, 0.3) is 0 Å². The lowest BCUT2D eigenvalue weighted by Gasteiger charge is -2.30. The molecule has 0 spiro atoms. The lowest BCUT2D eigenvalue weighted by molar-refractivity contribution is -1.02. The Morgan fingerprint density at radius 1 is 0.821 bits per heavy atom. The molecule has 28 heavy (non-hydrogen) atoms. The fraction of sp³-hybridized carbons (Fsp3) is 0.429. The average Bonchev–Trinajstić information content (AvgIpc) is 2.69. The Hall–Kier alpha value is -2.25. The van der Waals surface area contributed by atoms with Gasteiger partial charge in [-0.2, -0.15) is 13.2 Å². The van der Waals surface area contributed by atoms with E-state index in [1.807, 2.05) is 18.2 Å². The molecule has 0 bridgehead atoms. The lowest BCUT2D eigenvalue weighted by atomic mass is 10.1. The molecule has 1 fully saturated rings. The number of nitrogens with one attached hydrogen (secondary N) is 2. The zero-order valence-electron chi connectivity index (χ0n) is 16.2. The topological polar surface area (TPSA) is 27.3 Å². The van der Waals surface area contributed by atoms with Gasteiger partial charge in [0.05, 0.1) is 19.8 Å². The summed E-state index contributed by atoms with van der Waals surface area (Å²) in [6.07, 6.45) is -4.27. The third-order valence-corrected chi connectivity index (χ3v) is 5.33. The molecule has 0 saturated carbocycles. The maximum Gasteiger partial charge on any atom is 0.416 e. The standard InChI is InChI=1S/C21H25F3N2O2/c1-27-19-8-5-17(20(13-19)28-2)15-26-11-9-25(10-12-26)14-16-3-6-18(7-4-16)21(22,23)24/h3-8,13H,9-12,14-15H2,1-2H3/p+2. The number of halogens is 3. The number of hydrogen-bond acceptors (Lipinski definition) is 2. The fourth-order valence-electron chi connectivity index (χ4n) is 3.68. The second-order valence-electron chi connectivity index (χ2n) is 7.23. The average molecular weight is 396 g/mol. The van der Waals surface area contributed by atoms with E-state index < -0.39 is 11.7 Å². The molecule has 1 aliphatic heterocycles. The molecular weight excluding hydrogens is 369 g/mol. The monoisotopic (exact) mass is 396 g/mol. The molecule has 3 rings (SSSR count). The zero-order valence-corrected chi connectivity index (χ0v) is 16.2. The fourth-order valence-corrected chi connectivity index (χ4v) is 3.68. The summed E-state index contributed by atoms with van der Waals surface area (Å²) in [6, 6.07) is 11.4. The van der Waals surface area contributed by atoms with E-state index in [-0.39, 0.29) is 0 Å². The molecule has 1 heterocycles. The van der Waals surface area contributed by atoms with E-state index in [0.717, 1.165) is 61.9 Å². The minimum Gasteiger partial charge on any atom is -0.497 e. The van der Waals surface area contributed by atoms with Crippen LogP contribution in [0.2, 0.25) is 0 Å². The summed E-state index contributed by atoms with van der Waals surface area (Å²) >= 11 is 0. The number of piperazine rings is 1. The summed E-state index contributed by atoms with van der Waals surface area (Å²) in [5.74, 6) is 1.62. The smallest absolute Gasteiger partial charge is 0.416 e. The van der Waals surface area contributed by atoms with E-state index in [4.69, 9.17) is 9.47 Å². The van der Waals surface area contributed by atoms with Gasteiger partial charge in [-0.25, -0.2) is 0 Å². The van der Waals surface area contributed by atoms with Gasteiger partial charge in [0, 0.05) is 17.2 Å². The molecular formula is C21H27F3N2O2+2. The van der Waals surface area contributed by atoms with Crippen LogP contribution in [0.15, 0.2) is 42.5 Å². The highest BCUT2D eigenvalue weighted by Gasteiger charge is 2.30. The van der Waals surface area contributed by atoms with Gasteiger partial charge in [-0.15, -0.1) is 0 Å². The first-order valence-electron chi connectivity index (χ1n) is 9.43. The third-order valence-electron chi connectivity index (χ3n) is 5.33. The van der Waals surface area contributed by atoms with E-state index in [9.17, 15) is 13.2 Å². The van der Waals surface area contributed by atoms with Gasteiger partial charge in [0.2, 0.25) is 0 Å². The highest BCUT2D eigenvalue weighted by atomic mass is 19.4. The lowest BCUT2D eigenvalue weighted by Crippen LogP contribution is -3.27. The van der Waals surface area contributed by atoms with Crippen LogP contribution in [0.1, 0.15) is 16.7 Å². The predicted molar refractivity (Wildman–Crippen MR) is 99.8 cm³/mol. The van der Waals surface area contributed by atoms with Crippen LogP contribution < -0.4 is 19.3 Å². The van der Waals surface area contributed by atoms with Gasteiger partial charge in [0.15, 0.2) is 0 Å². The number of quaternary nitrogens is 2. The minimum absolute atomic E-state index is 0.589. The summed E-state index contributed by atoms with van der Waals surface area (Å²) in [5.41, 5.74) is 1.52. The molecule has 0 atom stereocenters. The van der Waals surface area contributed by atoms with Crippen molar-refractivity contribution < 1.29 is 32.4 Å². The van der Waals surface area contributed by atoms with Crippen LogP contribution in [0.3, 0.4) is 0 Å². The highest BCUT2D eigenvalue weighted by molar-refractivity contribution is 5.40. The van der Waals surface area contributed by atoms with Crippen molar-refractivity contribution in [3.63, 3.8) is 0 Å². The van der Waals surface area contributed by atoms with Gasteiger partial charge >= 0.3 is 6.18 Å². The van der Waals surface area contributed by atoms with Gasteiger partial charge in [0.1, 0.15) is 50.8 Å². The van der Waals surface area contributed by atoms with Crippen molar-refractivity contribution in [1.29, 1.82) is 0 Å². The van der Waals surface area contributed by atoms with Crippen molar-refractivity contribution in [3.8, 4) is 11.5 Å². The molecule has 0 radical (unpaired) electrons. The third kappa shape index (κ3) is 5.17. The van der Waals surface area contributed by atoms with Crippen molar-refractivity contribution in [2.75, 3.05) is 40.4 Å². The first-order valence-corrected chi connectivity index (χ1v) is 9.43. The van der Waals surface area contributed by atoms with Gasteiger partial charge in [0.25, 0.3) is 0 Å². The summed E-state index contributed by atoms with van der Waals surface area (Å²) in [4.78, 5) is 2.89. The van der Waals surface area contributed by atoms with E-state index in [1.165, 1.54) is 21.9 Å². The summed E-state index contributed by atoms with van der Waals surface area (Å²) in [5, 5.41) is 0. The Kier molecular flexibility index (Phi) is 6.46. The number of methoxy groups -OCH3 is 2. The summed E-state index contributed by atoms with van der Waals surface area (Å²) in [6.45, 7) is 5.68. The van der Waals surface area contributed by atoms with E-state index in [2.05, 4.69) is 0 Å². The molecule has 0 unspecified atom stereocenters. The Labute approximate surface area is 163 Å². The Bertz CT molecular complexity index is 770. The maximum absolute atomic E-state index is 12.7. The molecule has 1 aliphatic rings. The molecule has 4 nitrogen and oxygen atoms in total. The Morgan fingerprint density at radius 2 is 1.43 bits per heavy atom. The molecule has 0 aromatic heterocycles. The SMILES string of the molecule is COc1ccc(C[NH+]2CC[NH+](Cc3ccc(C(F)(F)F)cc3)CC2)c(OC)c1. The van der Waals surface area contributed by atoms with E-state index in [0.29, 0.717) is 0 Å². The van der Waals surface area contributed by atoms with Crippen molar-refractivity contribution in [2.45, 2.75) is 19.3 Å². The van der Waals surface area contributed by atoms with Crippen LogP contribution in [0.4, 0.5) is 13.2 Å². The number of rotatable bonds is 6. The first-order chi connectivity index (χ1) is 13.4. The summed E-state index contributed by atoms with van der Waals surface area (Å²) < 4.78 is 48.7. The molecule has 2 N–H and O–H groups in total. The van der Waals surface area contributed by atoms with Crippen molar-refractivity contribution in [3.05, 3.63) is 59.2 Å². The zero-order chi connectivity index (χ0) is 20.1. The van der Waals surface area contributed by atoms with Gasteiger partial charge in [-0.1, -0.05) is 12.1 Å². The number of benzene rings is 2. The number of ether oxygens (including phenoxy) is 2. The van der Waals surface area contributed by atoms with Crippen molar-refractivity contribution in [2.24, 2.45) is 0 Å². The van der Waals surface area contributed by atoms with Crippen LogP contribution >= 0.6 is 0 Å². The quantitative estimate of drug-likeness (QED) is 0.768. The molecule has 0 aliphatic carbocycles. The molecule has 152 valence electrons. The van der Waals surface area contributed by atoms with Crippen molar-refractivity contribution in [1.82, 2.24) is 0 Å². The maximum atomic E-state index is 12.7. The van der Waals surface area contributed by atoms with E-state index >= 15 is 0 Å². The predicted octanol–water partition coefficient (Wildman–Crippen LogP) is 1.21. The normalized spacial score (nSPS) is 20.0. The Balaban J connectivity index is 1.52. The van der Waals surface area contributed by atoms with Gasteiger partial charge in [-0.3, -0.25) is 0 Å². The first kappa shape index (κ1) is 20.5. The molecule has 2 aromatic rings. The minimum atomic E-state index is -4.27. The number of hydrogen-bond donors (Lipinski definition) is 2. The molecule has 7 heteroatoms. The Morgan fingerprint density at radius 3 is 1.96 bits per heavy atom. The van der Waals surface area contributed by atoms with Gasteiger partial charge in [-0.05, 0) is 24.3 Å². The largest absolute Gasteiger partial charge is 0.497 e. The molecule has 0 amide bonds. The number of alkyl halides is 3. The molecule has 1 saturated heterocycles. The second-order valence-corrected chi connectivity index (χ2v) is 7.23. The van der Waals surface area contributed by atoms with Crippen molar-refractivity contribution >= 4 is 0 Å². The van der Waals surface area contributed by atoms with Crippen LogP contribution in [-0.2, 0) is 19.3 Å². The highest BCUT2D eigenvalue weighted by Crippen LogP contribution is 2.29. The van der Waals surface area contributed by atoms with Gasteiger partial charge < -0.3 is 19.3 Å². The molecule has 2 aromatic carbocycles. The van der Waals surface area contributed by atoms with Crippen LogP contribution in [0.5, 0.6) is 11.5 Å².